The maximum atomic E-state index is 13.8. The molecule has 3 aromatic rings. The van der Waals surface area contributed by atoms with Crippen molar-refractivity contribution in [3.05, 3.63) is 105 Å². The van der Waals surface area contributed by atoms with Crippen LogP contribution in [-0.2, 0) is 61.5 Å². The van der Waals surface area contributed by atoms with Crippen molar-refractivity contribution >= 4 is 5.97 Å². The lowest BCUT2D eigenvalue weighted by Crippen LogP contribution is -2.42. The third kappa shape index (κ3) is 16.0. The molecule has 352 valence electrons. The quantitative estimate of drug-likeness (QED) is 0.227. The lowest BCUT2D eigenvalue weighted by molar-refractivity contribution is -0.144. The molecule has 1 fully saturated rings. The molecule has 0 unspecified atom stereocenters. The molecule has 1 aliphatic rings. The van der Waals surface area contributed by atoms with Crippen LogP contribution in [0.15, 0.2) is 54.6 Å². The Bertz CT molecular complexity index is 1910. The zero-order valence-corrected chi connectivity index (χ0v) is 32.5. The van der Waals surface area contributed by atoms with Crippen LogP contribution in [0.3, 0.4) is 0 Å². The summed E-state index contributed by atoms with van der Waals surface area (Å²) in [6.07, 6.45) is -31.4. The number of carboxylic acid groups (broad SMARTS) is 1. The maximum absolute atomic E-state index is 13.8. The summed E-state index contributed by atoms with van der Waals surface area (Å²) in [6.45, 7) is -3.98. The number of alkyl halides is 18. The Kier molecular flexibility index (Phi) is 16.2. The van der Waals surface area contributed by atoms with E-state index in [0.29, 0.717) is 36.4 Å². The summed E-state index contributed by atoms with van der Waals surface area (Å²) >= 11 is 0. The molecule has 63 heavy (non-hydrogen) atoms. The molecule has 0 spiro atoms. The maximum Gasteiger partial charge on any atom is 0.416 e. The van der Waals surface area contributed by atoms with Crippen molar-refractivity contribution in [1.29, 1.82) is 0 Å². The highest BCUT2D eigenvalue weighted by atomic mass is 19.4. The minimum atomic E-state index is -5.24. The summed E-state index contributed by atoms with van der Waals surface area (Å²) in [7, 11) is 0. The van der Waals surface area contributed by atoms with Gasteiger partial charge in [0.05, 0.1) is 39.9 Å². The Morgan fingerprint density at radius 2 is 0.571 bits per heavy atom. The number of halogens is 18. The average molecular weight is 937 g/mol. The van der Waals surface area contributed by atoms with Crippen molar-refractivity contribution in [2.24, 2.45) is 0 Å². The summed E-state index contributed by atoms with van der Waals surface area (Å²) in [5, 5.41) is 9.56. The van der Waals surface area contributed by atoms with E-state index in [9.17, 15) is 88.9 Å². The molecule has 0 radical (unpaired) electrons. The van der Waals surface area contributed by atoms with E-state index in [-0.39, 0.29) is 83.4 Å². The van der Waals surface area contributed by atoms with Crippen molar-refractivity contribution in [2.75, 3.05) is 58.9 Å². The highest BCUT2D eigenvalue weighted by molar-refractivity contribution is 5.69. The Balaban J connectivity index is 1.74. The molecule has 0 bridgehead atoms. The first kappa shape index (κ1) is 51.3. The molecule has 4 rings (SSSR count). The van der Waals surface area contributed by atoms with Gasteiger partial charge >= 0.3 is 43.0 Å². The van der Waals surface area contributed by atoms with Gasteiger partial charge in [-0.3, -0.25) is 24.4 Å². The van der Waals surface area contributed by atoms with Crippen molar-refractivity contribution in [3.63, 3.8) is 0 Å². The number of nitrogens with zero attached hydrogens (tertiary/aromatic N) is 4. The van der Waals surface area contributed by atoms with Crippen LogP contribution < -0.4 is 0 Å². The Morgan fingerprint density at radius 1 is 0.365 bits per heavy atom. The van der Waals surface area contributed by atoms with E-state index in [2.05, 4.69) is 0 Å². The van der Waals surface area contributed by atoms with E-state index in [1.165, 1.54) is 19.6 Å². The lowest BCUT2D eigenvalue weighted by atomic mass is 10.0. The van der Waals surface area contributed by atoms with Gasteiger partial charge in [-0.05, 0) is 104 Å². The van der Waals surface area contributed by atoms with Crippen molar-refractivity contribution in [1.82, 2.24) is 19.6 Å². The fourth-order valence-electron chi connectivity index (χ4n) is 6.98. The summed E-state index contributed by atoms with van der Waals surface area (Å²) in [4.78, 5) is 17.2. The van der Waals surface area contributed by atoms with Crippen LogP contribution in [-0.4, -0.2) is 89.6 Å². The first-order valence-electron chi connectivity index (χ1n) is 18.7. The molecule has 0 amide bonds. The molecule has 1 heterocycles. The number of rotatable bonds is 8. The third-order valence-electron chi connectivity index (χ3n) is 9.88. The monoisotopic (exact) mass is 936 g/mol. The van der Waals surface area contributed by atoms with Crippen LogP contribution >= 0.6 is 0 Å². The number of hydrogen-bond acceptors (Lipinski definition) is 5. The smallest absolute Gasteiger partial charge is 0.416 e. The predicted octanol–water partition coefficient (Wildman–Crippen LogP) is 10.8. The van der Waals surface area contributed by atoms with Gasteiger partial charge < -0.3 is 5.11 Å². The second-order valence-electron chi connectivity index (χ2n) is 14.9. The van der Waals surface area contributed by atoms with E-state index in [0.717, 1.165) is 0 Å². The molecule has 3 aromatic carbocycles. The van der Waals surface area contributed by atoms with Gasteiger partial charge in [-0.1, -0.05) is 0 Å². The molecular formula is C39H38F18N4O2. The largest absolute Gasteiger partial charge is 0.480 e. The number of carbonyl (C=O) groups is 1. The number of aliphatic carboxylic acids is 1. The van der Waals surface area contributed by atoms with Gasteiger partial charge in [0.15, 0.2) is 0 Å². The van der Waals surface area contributed by atoms with Crippen molar-refractivity contribution in [2.45, 2.75) is 69.5 Å². The molecule has 0 aliphatic carbocycles. The van der Waals surface area contributed by atoms with Gasteiger partial charge in [0.25, 0.3) is 0 Å². The standard InChI is InChI=1S/C39H38F18N4O2/c40-34(41,42)27-11-24(12-28(17-27)35(43,44)45)20-58-3-1-4-60(22-26-15-31(38(52,53)54)19-32(16-26)39(55,56)57)9-10-61(23-33(62)63)6-2-5-59(8-7-58)21-25-13-29(36(46,47)48)18-30(14-25)37(49,50)51/h11-19H,1-10,20-23H2,(H,62,63). The van der Waals surface area contributed by atoms with Crippen LogP contribution in [0, 0.1) is 0 Å². The number of hydrogen-bond donors (Lipinski definition) is 1. The van der Waals surface area contributed by atoms with E-state index >= 15 is 0 Å². The normalized spacial score (nSPS) is 17.5. The fraction of sp³-hybridized carbons (Fsp3) is 0.513. The van der Waals surface area contributed by atoms with Crippen LogP contribution in [0.25, 0.3) is 0 Å². The SMILES string of the molecule is O=C(O)CN1CCCN(Cc2cc(C(F)(F)F)cc(C(F)(F)F)c2)CCN(Cc2cc(C(F)(F)F)cc(C(F)(F)F)c2)CCCN(Cc2cc(C(F)(F)F)cc(C(F)(F)F)c2)CC1. The van der Waals surface area contributed by atoms with Gasteiger partial charge in [-0.15, -0.1) is 0 Å². The van der Waals surface area contributed by atoms with E-state index in [1.54, 1.807) is 0 Å². The van der Waals surface area contributed by atoms with Gasteiger partial charge in [-0.25, -0.2) is 0 Å². The molecule has 0 aromatic heterocycles. The highest BCUT2D eigenvalue weighted by Crippen LogP contribution is 2.39. The molecule has 0 atom stereocenters. The van der Waals surface area contributed by atoms with Crippen LogP contribution in [0.1, 0.15) is 62.9 Å². The van der Waals surface area contributed by atoms with E-state index in [4.69, 9.17) is 0 Å². The minimum absolute atomic E-state index is 0.0243. The van der Waals surface area contributed by atoms with Crippen molar-refractivity contribution in [3.8, 4) is 0 Å². The van der Waals surface area contributed by atoms with Gasteiger partial charge in [0, 0.05) is 52.4 Å². The Labute approximate surface area is 347 Å². The molecule has 0 saturated carbocycles. The zero-order chi connectivity index (χ0) is 47.3. The summed E-state index contributed by atoms with van der Waals surface area (Å²) in [5.74, 6) is -1.35. The first-order chi connectivity index (χ1) is 28.8. The van der Waals surface area contributed by atoms with E-state index in [1.807, 2.05) is 0 Å². The average Bonchev–Trinajstić information content (AvgIpc) is 3.12. The molecule has 1 N–H and O–H groups in total. The number of carboxylic acids is 1. The summed E-state index contributed by atoms with van der Waals surface area (Å²) < 4.78 is 247. The fourth-order valence-corrected chi connectivity index (χ4v) is 6.98. The second-order valence-corrected chi connectivity index (χ2v) is 14.9. The van der Waals surface area contributed by atoms with Gasteiger partial charge in [-0.2, -0.15) is 79.0 Å². The summed E-state index contributed by atoms with van der Waals surface area (Å²) in [5.41, 5.74) is -11.2. The lowest BCUT2D eigenvalue weighted by Gasteiger charge is -2.32. The third-order valence-corrected chi connectivity index (χ3v) is 9.88. The second kappa shape index (κ2) is 19.8. The molecular weight excluding hydrogens is 898 g/mol. The zero-order valence-electron chi connectivity index (χ0n) is 32.5. The number of benzene rings is 3. The van der Waals surface area contributed by atoms with Crippen molar-refractivity contribution < 1.29 is 88.9 Å². The van der Waals surface area contributed by atoms with Crippen LogP contribution in [0.5, 0.6) is 0 Å². The molecule has 6 nitrogen and oxygen atoms in total. The minimum Gasteiger partial charge on any atom is -0.480 e. The molecule has 1 saturated heterocycles. The van der Waals surface area contributed by atoms with Gasteiger partial charge in [0.1, 0.15) is 0 Å². The predicted molar refractivity (Wildman–Crippen MR) is 188 cm³/mol. The summed E-state index contributed by atoms with van der Waals surface area (Å²) in [6, 6.07) is 2.57. The van der Waals surface area contributed by atoms with Crippen LogP contribution in [0.4, 0.5) is 79.0 Å². The topological polar surface area (TPSA) is 50.3 Å². The van der Waals surface area contributed by atoms with E-state index < -0.39 is 119 Å². The van der Waals surface area contributed by atoms with Crippen LogP contribution in [0.2, 0.25) is 0 Å². The Hall–Kier alpha value is -4.29. The molecule has 24 heteroatoms. The Morgan fingerprint density at radius 3 is 0.778 bits per heavy atom. The molecule has 1 aliphatic heterocycles. The van der Waals surface area contributed by atoms with Gasteiger partial charge in [0.2, 0.25) is 0 Å². The highest BCUT2D eigenvalue weighted by Gasteiger charge is 2.40. The first-order valence-corrected chi connectivity index (χ1v) is 18.7.